The van der Waals surface area contributed by atoms with Crippen LogP contribution in [0, 0.1) is 0 Å². The molecule has 0 fully saturated rings. The molecule has 0 bridgehead atoms. The summed E-state index contributed by atoms with van der Waals surface area (Å²) >= 11 is 1.73. The van der Waals surface area contributed by atoms with E-state index in [0.29, 0.717) is 23.8 Å². The fraction of sp³-hybridized carbons (Fsp3) is 0.533. The van der Waals surface area contributed by atoms with E-state index in [1.54, 1.807) is 23.9 Å². The quantitative estimate of drug-likeness (QED) is 0.249. The molecule has 0 radical (unpaired) electrons. The molecule has 0 spiro atoms. The number of rotatable bonds is 9. The average molecular weight is 475 g/mol. The van der Waals surface area contributed by atoms with E-state index in [1.807, 2.05) is 13.2 Å². The van der Waals surface area contributed by atoms with Gasteiger partial charge in [0.05, 0.1) is 13.7 Å². The summed E-state index contributed by atoms with van der Waals surface area (Å²) in [5.41, 5.74) is 0.534. The van der Waals surface area contributed by atoms with Crippen LogP contribution in [-0.4, -0.2) is 44.8 Å². The molecule has 1 aromatic rings. The number of hydrogen-bond donors (Lipinski definition) is 2. The highest BCUT2D eigenvalue weighted by molar-refractivity contribution is 14.0. The molecule has 0 saturated heterocycles. The molecule has 0 aromatic heterocycles. The van der Waals surface area contributed by atoms with Crippen molar-refractivity contribution in [3.8, 4) is 11.5 Å². The highest BCUT2D eigenvalue weighted by Gasteiger charge is 2.11. The SMILES string of the molecule is CCNC(=NCc1cc(OC)ccc1OC(F)F)NCCSC.I. The molecule has 0 atom stereocenters. The Bertz CT molecular complexity index is 508. The van der Waals surface area contributed by atoms with Crippen molar-refractivity contribution in [2.45, 2.75) is 20.1 Å². The number of nitrogens with zero attached hydrogens (tertiary/aromatic N) is 1. The lowest BCUT2D eigenvalue weighted by molar-refractivity contribution is -0.0504. The Morgan fingerprint density at radius 2 is 2.08 bits per heavy atom. The fourth-order valence-electron chi connectivity index (χ4n) is 1.79. The van der Waals surface area contributed by atoms with Crippen molar-refractivity contribution in [3.63, 3.8) is 0 Å². The molecule has 138 valence electrons. The maximum Gasteiger partial charge on any atom is 0.387 e. The first kappa shape index (κ1) is 23.0. The van der Waals surface area contributed by atoms with E-state index in [-0.39, 0.29) is 36.3 Å². The van der Waals surface area contributed by atoms with Gasteiger partial charge in [-0.3, -0.25) is 0 Å². The van der Waals surface area contributed by atoms with Crippen molar-refractivity contribution < 1.29 is 18.3 Å². The van der Waals surface area contributed by atoms with Crippen LogP contribution in [0.4, 0.5) is 8.78 Å². The molecule has 0 saturated carbocycles. The first-order valence-corrected chi connectivity index (χ1v) is 8.63. The van der Waals surface area contributed by atoms with Gasteiger partial charge in [-0.05, 0) is 31.4 Å². The van der Waals surface area contributed by atoms with Gasteiger partial charge in [-0.1, -0.05) is 0 Å². The molecule has 9 heteroatoms. The fourth-order valence-corrected chi connectivity index (χ4v) is 2.10. The summed E-state index contributed by atoms with van der Waals surface area (Å²) in [6.45, 7) is 0.769. The van der Waals surface area contributed by atoms with Crippen LogP contribution in [0.2, 0.25) is 0 Å². The Balaban J connectivity index is 0.00000529. The number of aliphatic imine (C=N–C) groups is 1. The van der Waals surface area contributed by atoms with E-state index in [4.69, 9.17) is 4.74 Å². The topological polar surface area (TPSA) is 54.9 Å². The minimum Gasteiger partial charge on any atom is -0.497 e. The van der Waals surface area contributed by atoms with Crippen LogP contribution in [0.1, 0.15) is 12.5 Å². The number of ether oxygens (including phenoxy) is 2. The molecule has 0 amide bonds. The molecular weight excluding hydrogens is 451 g/mol. The van der Waals surface area contributed by atoms with Crippen LogP contribution in [0.3, 0.4) is 0 Å². The van der Waals surface area contributed by atoms with E-state index in [1.165, 1.54) is 13.2 Å². The zero-order valence-corrected chi connectivity index (χ0v) is 17.1. The minimum atomic E-state index is -2.88. The number of hydrogen-bond acceptors (Lipinski definition) is 4. The van der Waals surface area contributed by atoms with Crippen LogP contribution in [0.25, 0.3) is 0 Å². The zero-order valence-electron chi connectivity index (χ0n) is 14.0. The monoisotopic (exact) mass is 475 g/mol. The van der Waals surface area contributed by atoms with Crippen LogP contribution >= 0.6 is 35.7 Å². The predicted octanol–water partition coefficient (Wildman–Crippen LogP) is 3.33. The van der Waals surface area contributed by atoms with Gasteiger partial charge in [0.15, 0.2) is 5.96 Å². The Morgan fingerprint density at radius 3 is 2.67 bits per heavy atom. The highest BCUT2D eigenvalue weighted by Crippen LogP contribution is 2.26. The molecule has 2 N–H and O–H groups in total. The summed E-state index contributed by atoms with van der Waals surface area (Å²) in [7, 11) is 1.52. The Morgan fingerprint density at radius 1 is 1.33 bits per heavy atom. The first-order valence-electron chi connectivity index (χ1n) is 7.23. The van der Waals surface area contributed by atoms with Crippen molar-refractivity contribution >= 4 is 41.7 Å². The second kappa shape index (κ2) is 13.3. The summed E-state index contributed by atoms with van der Waals surface area (Å²) in [4.78, 5) is 4.40. The summed E-state index contributed by atoms with van der Waals surface area (Å²) in [5.74, 6) is 2.25. The number of alkyl halides is 2. The van der Waals surface area contributed by atoms with E-state index in [0.717, 1.165) is 12.3 Å². The maximum absolute atomic E-state index is 12.5. The number of benzene rings is 1. The van der Waals surface area contributed by atoms with Gasteiger partial charge in [0, 0.05) is 24.4 Å². The third-order valence-electron chi connectivity index (χ3n) is 2.83. The normalized spacial score (nSPS) is 11.0. The molecule has 0 aliphatic rings. The van der Waals surface area contributed by atoms with Gasteiger partial charge < -0.3 is 20.1 Å². The average Bonchev–Trinajstić information content (AvgIpc) is 2.53. The second-order valence-electron chi connectivity index (χ2n) is 4.47. The lowest BCUT2D eigenvalue weighted by Crippen LogP contribution is -2.38. The first-order chi connectivity index (χ1) is 11.1. The molecule has 1 rings (SSSR count). The molecule has 0 unspecified atom stereocenters. The Kier molecular flexibility index (Phi) is 12.8. The van der Waals surface area contributed by atoms with Crippen LogP contribution < -0.4 is 20.1 Å². The molecule has 0 aliphatic carbocycles. The minimum absolute atomic E-state index is 0. The van der Waals surface area contributed by atoms with E-state index >= 15 is 0 Å². The number of halogens is 3. The third-order valence-corrected chi connectivity index (χ3v) is 3.45. The molecule has 5 nitrogen and oxygen atoms in total. The van der Waals surface area contributed by atoms with Gasteiger partial charge in [-0.2, -0.15) is 20.5 Å². The Labute approximate surface area is 163 Å². The summed E-state index contributed by atoms with van der Waals surface area (Å²) in [6, 6.07) is 4.68. The maximum atomic E-state index is 12.5. The number of guanidine groups is 1. The van der Waals surface area contributed by atoms with Gasteiger partial charge in [-0.15, -0.1) is 24.0 Å². The lowest BCUT2D eigenvalue weighted by atomic mass is 10.2. The lowest BCUT2D eigenvalue weighted by Gasteiger charge is -2.13. The largest absolute Gasteiger partial charge is 0.497 e. The van der Waals surface area contributed by atoms with Gasteiger partial charge in [0.25, 0.3) is 0 Å². The van der Waals surface area contributed by atoms with Crippen molar-refractivity contribution in [1.29, 1.82) is 0 Å². The highest BCUT2D eigenvalue weighted by atomic mass is 127. The van der Waals surface area contributed by atoms with Gasteiger partial charge in [0.2, 0.25) is 0 Å². The van der Waals surface area contributed by atoms with Crippen LogP contribution in [0.5, 0.6) is 11.5 Å². The van der Waals surface area contributed by atoms with Crippen molar-refractivity contribution in [3.05, 3.63) is 23.8 Å². The molecule has 0 heterocycles. The van der Waals surface area contributed by atoms with Crippen LogP contribution in [0.15, 0.2) is 23.2 Å². The van der Waals surface area contributed by atoms with Crippen LogP contribution in [-0.2, 0) is 6.54 Å². The smallest absolute Gasteiger partial charge is 0.387 e. The molecule has 0 aliphatic heterocycles. The van der Waals surface area contributed by atoms with Gasteiger partial charge in [0.1, 0.15) is 11.5 Å². The van der Waals surface area contributed by atoms with E-state index in [2.05, 4.69) is 20.4 Å². The second-order valence-corrected chi connectivity index (χ2v) is 5.45. The standard InChI is InChI=1S/C15H23F2N3O2S.HI/c1-4-18-15(19-7-8-23-3)20-10-11-9-12(21-2)5-6-13(11)22-14(16)17;/h5-6,9,14H,4,7-8,10H2,1-3H3,(H2,18,19,20);1H. The third kappa shape index (κ3) is 8.76. The van der Waals surface area contributed by atoms with Crippen molar-refractivity contribution in [2.75, 3.05) is 32.2 Å². The molecule has 24 heavy (non-hydrogen) atoms. The number of thioether (sulfide) groups is 1. The van der Waals surface area contributed by atoms with E-state index in [9.17, 15) is 8.78 Å². The summed E-state index contributed by atoms with van der Waals surface area (Å²) < 4.78 is 34.6. The zero-order chi connectivity index (χ0) is 17.1. The Hall–Kier alpha value is -0.970. The predicted molar refractivity (Wildman–Crippen MR) is 106 cm³/mol. The number of nitrogens with one attached hydrogen (secondary N) is 2. The van der Waals surface area contributed by atoms with E-state index < -0.39 is 6.61 Å². The van der Waals surface area contributed by atoms with Crippen molar-refractivity contribution in [2.24, 2.45) is 4.99 Å². The number of methoxy groups -OCH3 is 1. The molecular formula is C15H24F2IN3O2S. The van der Waals surface area contributed by atoms with Gasteiger partial charge >= 0.3 is 6.61 Å². The van der Waals surface area contributed by atoms with Gasteiger partial charge in [-0.25, -0.2) is 4.99 Å². The summed E-state index contributed by atoms with van der Waals surface area (Å²) in [6.07, 6.45) is 2.02. The summed E-state index contributed by atoms with van der Waals surface area (Å²) in [5, 5.41) is 6.29. The molecule has 1 aromatic carbocycles. The van der Waals surface area contributed by atoms with Crippen molar-refractivity contribution in [1.82, 2.24) is 10.6 Å².